The van der Waals surface area contributed by atoms with E-state index in [0.717, 1.165) is 15.6 Å². The Morgan fingerprint density at radius 2 is 1.56 bits per heavy atom. The zero-order chi connectivity index (χ0) is 24.6. The second-order valence-electron chi connectivity index (χ2n) is 7.33. The average molecular weight is 485 g/mol. The summed E-state index contributed by atoms with van der Waals surface area (Å²) < 4.78 is 44.2. The van der Waals surface area contributed by atoms with Gasteiger partial charge in [0.25, 0.3) is 10.0 Å². The third-order valence-electron chi connectivity index (χ3n) is 5.05. The molecule has 1 amide bonds. The van der Waals surface area contributed by atoms with Gasteiger partial charge in [-0.1, -0.05) is 36.4 Å². The number of hydrogen-bond acceptors (Lipinski definition) is 6. The highest BCUT2D eigenvalue weighted by Crippen LogP contribution is 2.32. The molecule has 0 fully saturated rings. The van der Waals surface area contributed by atoms with Crippen LogP contribution in [0.3, 0.4) is 0 Å². The van der Waals surface area contributed by atoms with E-state index in [9.17, 15) is 13.2 Å². The topological polar surface area (TPSA) is 94.2 Å². The molecule has 0 aliphatic rings. The van der Waals surface area contributed by atoms with Gasteiger partial charge < -0.3 is 19.5 Å². The van der Waals surface area contributed by atoms with E-state index in [1.807, 2.05) is 31.2 Å². The highest BCUT2D eigenvalue weighted by atomic mass is 32.2. The predicted octanol–water partition coefficient (Wildman–Crippen LogP) is 3.40. The highest BCUT2D eigenvalue weighted by molar-refractivity contribution is 7.92. The Labute approximate surface area is 200 Å². The van der Waals surface area contributed by atoms with Gasteiger partial charge in [-0.25, -0.2) is 8.42 Å². The van der Waals surface area contributed by atoms with Crippen molar-refractivity contribution >= 4 is 21.6 Å². The number of carbonyl (C=O) groups is 1. The highest BCUT2D eigenvalue weighted by Gasteiger charge is 2.28. The number of aryl methyl sites for hydroxylation is 1. The van der Waals surface area contributed by atoms with Crippen molar-refractivity contribution in [3.63, 3.8) is 0 Å². The minimum atomic E-state index is -4.08. The van der Waals surface area contributed by atoms with Crippen LogP contribution in [0.2, 0.25) is 0 Å². The maximum Gasteiger partial charge on any atom is 0.264 e. The number of amides is 1. The van der Waals surface area contributed by atoms with Gasteiger partial charge in [-0.2, -0.15) is 0 Å². The predicted molar refractivity (Wildman–Crippen MR) is 130 cm³/mol. The van der Waals surface area contributed by atoms with E-state index in [2.05, 4.69) is 5.32 Å². The monoisotopic (exact) mass is 484 g/mol. The van der Waals surface area contributed by atoms with Crippen LogP contribution >= 0.6 is 0 Å². The number of para-hydroxylation sites is 2. The van der Waals surface area contributed by atoms with Gasteiger partial charge in [-0.15, -0.1) is 0 Å². The molecule has 0 aliphatic carbocycles. The van der Waals surface area contributed by atoms with Crippen LogP contribution in [-0.4, -0.2) is 48.2 Å². The Balaban J connectivity index is 1.75. The molecule has 0 aliphatic heterocycles. The normalized spacial score (nSPS) is 10.9. The van der Waals surface area contributed by atoms with Gasteiger partial charge in [0, 0.05) is 6.07 Å². The van der Waals surface area contributed by atoms with Crippen LogP contribution in [0.1, 0.15) is 5.56 Å². The minimum Gasteiger partial charge on any atom is -0.493 e. The average Bonchev–Trinajstić information content (AvgIpc) is 2.86. The van der Waals surface area contributed by atoms with Crippen LogP contribution in [0.5, 0.6) is 17.2 Å². The first-order valence-corrected chi connectivity index (χ1v) is 12.1. The number of rotatable bonds is 11. The number of anilines is 1. The molecule has 3 rings (SSSR count). The van der Waals surface area contributed by atoms with Crippen molar-refractivity contribution in [1.82, 2.24) is 5.32 Å². The molecule has 9 heteroatoms. The molecule has 0 atom stereocenters. The van der Waals surface area contributed by atoms with Crippen LogP contribution in [0, 0.1) is 6.92 Å². The lowest BCUT2D eigenvalue weighted by Gasteiger charge is -2.24. The Bertz CT molecular complexity index is 1220. The Morgan fingerprint density at radius 3 is 2.24 bits per heavy atom. The number of nitrogens with one attached hydrogen (secondary N) is 1. The quantitative estimate of drug-likeness (QED) is 0.419. The SMILES string of the molecule is COc1ccc(S(=O)(=O)N(CC(=O)NCCOc2ccccc2C)c2ccccc2)cc1OC. The fraction of sp³-hybridized carbons (Fsp3) is 0.240. The summed E-state index contributed by atoms with van der Waals surface area (Å²) in [6.45, 7) is 2.02. The van der Waals surface area contributed by atoms with Gasteiger partial charge in [0.1, 0.15) is 18.9 Å². The molecular weight excluding hydrogens is 456 g/mol. The molecular formula is C25H28N2O6S. The summed E-state index contributed by atoms with van der Waals surface area (Å²) in [5.74, 6) is 0.952. The standard InChI is InChI=1S/C25H28N2O6S/c1-19-9-7-8-12-22(19)33-16-15-26-25(28)18-27(20-10-5-4-6-11-20)34(29,30)21-13-14-23(31-2)24(17-21)32-3/h4-14,17H,15-16,18H2,1-3H3,(H,26,28). The maximum atomic E-state index is 13.5. The van der Waals surface area contributed by atoms with Gasteiger partial charge >= 0.3 is 0 Å². The minimum absolute atomic E-state index is 0.0234. The van der Waals surface area contributed by atoms with Gasteiger partial charge in [0.2, 0.25) is 5.91 Å². The lowest BCUT2D eigenvalue weighted by molar-refractivity contribution is -0.119. The summed E-state index contributed by atoms with van der Waals surface area (Å²) in [6.07, 6.45) is 0. The summed E-state index contributed by atoms with van der Waals surface area (Å²) in [5.41, 5.74) is 1.36. The van der Waals surface area contributed by atoms with Crippen molar-refractivity contribution in [2.24, 2.45) is 0 Å². The smallest absolute Gasteiger partial charge is 0.264 e. The number of hydrogen-bond donors (Lipinski definition) is 1. The third-order valence-corrected chi connectivity index (χ3v) is 6.82. The molecule has 0 heterocycles. The first-order chi connectivity index (χ1) is 16.4. The van der Waals surface area contributed by atoms with E-state index in [1.165, 1.54) is 32.4 Å². The fourth-order valence-corrected chi connectivity index (χ4v) is 4.71. The fourth-order valence-electron chi connectivity index (χ4n) is 3.27. The molecule has 3 aromatic rings. The molecule has 0 spiro atoms. The van der Waals surface area contributed by atoms with Crippen molar-refractivity contribution in [2.75, 3.05) is 38.2 Å². The van der Waals surface area contributed by atoms with Gasteiger partial charge in [0.15, 0.2) is 11.5 Å². The molecule has 0 radical (unpaired) electrons. The molecule has 0 aromatic heterocycles. The number of sulfonamides is 1. The molecule has 0 unspecified atom stereocenters. The van der Waals surface area contributed by atoms with Crippen LogP contribution < -0.4 is 23.8 Å². The van der Waals surface area contributed by atoms with Crippen molar-refractivity contribution in [3.8, 4) is 17.2 Å². The van der Waals surface area contributed by atoms with Crippen molar-refractivity contribution in [3.05, 3.63) is 78.4 Å². The largest absolute Gasteiger partial charge is 0.493 e. The van der Waals surface area contributed by atoms with Crippen molar-refractivity contribution < 1.29 is 27.4 Å². The summed E-state index contributed by atoms with van der Waals surface area (Å²) in [5, 5.41) is 2.72. The van der Waals surface area contributed by atoms with Crippen LogP contribution in [0.25, 0.3) is 0 Å². The molecule has 180 valence electrons. The van der Waals surface area contributed by atoms with E-state index < -0.39 is 22.5 Å². The lowest BCUT2D eigenvalue weighted by atomic mass is 10.2. The number of benzene rings is 3. The zero-order valence-electron chi connectivity index (χ0n) is 19.4. The van der Waals surface area contributed by atoms with Crippen LogP contribution in [0.4, 0.5) is 5.69 Å². The van der Waals surface area contributed by atoms with E-state index in [1.54, 1.807) is 30.3 Å². The number of nitrogens with zero attached hydrogens (tertiary/aromatic N) is 1. The van der Waals surface area contributed by atoms with Crippen molar-refractivity contribution in [2.45, 2.75) is 11.8 Å². The van der Waals surface area contributed by atoms with E-state index in [4.69, 9.17) is 14.2 Å². The molecule has 8 nitrogen and oxygen atoms in total. The molecule has 1 N–H and O–H groups in total. The molecule has 0 saturated heterocycles. The summed E-state index contributed by atoms with van der Waals surface area (Å²) in [6, 6.07) is 20.3. The lowest BCUT2D eigenvalue weighted by Crippen LogP contribution is -2.41. The number of methoxy groups -OCH3 is 2. The Hall–Kier alpha value is -3.72. The Kier molecular flexibility index (Phi) is 8.37. The summed E-state index contributed by atoms with van der Waals surface area (Å²) in [4.78, 5) is 12.7. The molecule has 0 bridgehead atoms. The number of ether oxygens (including phenoxy) is 3. The van der Waals surface area contributed by atoms with E-state index in [-0.39, 0.29) is 23.8 Å². The first-order valence-electron chi connectivity index (χ1n) is 10.6. The second kappa shape index (κ2) is 11.4. The zero-order valence-corrected chi connectivity index (χ0v) is 20.2. The molecule has 3 aromatic carbocycles. The summed E-state index contributed by atoms with van der Waals surface area (Å²) in [7, 11) is -1.19. The summed E-state index contributed by atoms with van der Waals surface area (Å²) >= 11 is 0. The first kappa shape index (κ1) is 24.9. The van der Waals surface area contributed by atoms with Gasteiger partial charge in [0.05, 0.1) is 31.3 Å². The maximum absolute atomic E-state index is 13.5. The number of carbonyl (C=O) groups excluding carboxylic acids is 1. The van der Waals surface area contributed by atoms with Crippen LogP contribution in [-0.2, 0) is 14.8 Å². The van der Waals surface area contributed by atoms with Gasteiger partial charge in [-0.05, 0) is 42.8 Å². The van der Waals surface area contributed by atoms with E-state index >= 15 is 0 Å². The third kappa shape index (κ3) is 5.99. The van der Waals surface area contributed by atoms with Crippen molar-refractivity contribution in [1.29, 1.82) is 0 Å². The molecule has 0 saturated carbocycles. The van der Waals surface area contributed by atoms with Crippen LogP contribution in [0.15, 0.2) is 77.7 Å². The van der Waals surface area contributed by atoms with E-state index in [0.29, 0.717) is 11.4 Å². The van der Waals surface area contributed by atoms with Gasteiger partial charge in [-0.3, -0.25) is 9.10 Å². The Morgan fingerprint density at radius 1 is 0.882 bits per heavy atom. The molecule has 34 heavy (non-hydrogen) atoms. The second-order valence-corrected chi connectivity index (χ2v) is 9.19.